The second kappa shape index (κ2) is 5.47. The van der Waals surface area contributed by atoms with Gasteiger partial charge in [-0.2, -0.15) is 0 Å². The topological polar surface area (TPSA) is 27.1 Å². The van der Waals surface area contributed by atoms with Crippen LogP contribution in [0.1, 0.15) is 17.2 Å². The molecule has 0 saturated carbocycles. The standard InChI is InChI=1S/C17H18N2O/c1-13-6-7-14-4-3-5-15(16(14)10-13)17(20-2)11-19-9-8-18-12-19/h3-10,12,17H,11H2,1-2H3. The molecule has 3 nitrogen and oxygen atoms in total. The van der Waals surface area contributed by atoms with Gasteiger partial charge >= 0.3 is 0 Å². The van der Waals surface area contributed by atoms with Crippen LogP contribution in [0.5, 0.6) is 0 Å². The molecule has 20 heavy (non-hydrogen) atoms. The van der Waals surface area contributed by atoms with Crippen LogP contribution in [-0.2, 0) is 11.3 Å². The maximum absolute atomic E-state index is 5.71. The normalized spacial score (nSPS) is 12.7. The fraction of sp³-hybridized carbons (Fsp3) is 0.235. The van der Waals surface area contributed by atoms with E-state index in [-0.39, 0.29) is 6.10 Å². The Morgan fingerprint density at radius 3 is 2.90 bits per heavy atom. The number of hydrogen-bond acceptors (Lipinski definition) is 2. The van der Waals surface area contributed by atoms with Crippen molar-refractivity contribution in [3.8, 4) is 0 Å². The summed E-state index contributed by atoms with van der Waals surface area (Å²) in [5, 5.41) is 2.51. The molecule has 0 aliphatic rings. The average molecular weight is 266 g/mol. The van der Waals surface area contributed by atoms with E-state index in [1.807, 2.05) is 17.1 Å². The highest BCUT2D eigenvalue weighted by atomic mass is 16.5. The van der Waals surface area contributed by atoms with E-state index in [2.05, 4.69) is 48.3 Å². The van der Waals surface area contributed by atoms with Gasteiger partial charge in [0.15, 0.2) is 0 Å². The summed E-state index contributed by atoms with van der Waals surface area (Å²) in [5.41, 5.74) is 2.49. The van der Waals surface area contributed by atoms with Crippen LogP contribution in [0.15, 0.2) is 55.1 Å². The third-order valence-electron chi connectivity index (χ3n) is 3.64. The van der Waals surface area contributed by atoms with E-state index in [0.29, 0.717) is 0 Å². The highest BCUT2D eigenvalue weighted by Crippen LogP contribution is 2.28. The average Bonchev–Trinajstić information content (AvgIpc) is 2.97. The molecule has 0 fully saturated rings. The third-order valence-corrected chi connectivity index (χ3v) is 3.64. The monoisotopic (exact) mass is 266 g/mol. The smallest absolute Gasteiger partial charge is 0.101 e. The molecule has 0 bridgehead atoms. The molecule has 102 valence electrons. The maximum Gasteiger partial charge on any atom is 0.101 e. The molecular formula is C17H18N2O. The molecule has 3 aromatic rings. The second-order valence-corrected chi connectivity index (χ2v) is 5.06. The zero-order valence-electron chi connectivity index (χ0n) is 11.8. The van der Waals surface area contributed by atoms with Crippen molar-refractivity contribution in [1.82, 2.24) is 9.55 Å². The molecule has 0 aliphatic heterocycles. The Labute approximate surface area is 118 Å². The molecule has 0 N–H and O–H groups in total. The first-order valence-electron chi connectivity index (χ1n) is 6.76. The first-order valence-corrected chi connectivity index (χ1v) is 6.76. The summed E-state index contributed by atoms with van der Waals surface area (Å²) in [6.07, 6.45) is 5.60. The van der Waals surface area contributed by atoms with Gasteiger partial charge in [0.25, 0.3) is 0 Å². The Balaban J connectivity index is 2.04. The summed E-state index contributed by atoms with van der Waals surface area (Å²) >= 11 is 0. The predicted octanol–water partition coefficient (Wildman–Crippen LogP) is 3.73. The first-order chi connectivity index (χ1) is 9.78. The van der Waals surface area contributed by atoms with Crippen molar-refractivity contribution < 1.29 is 4.74 Å². The van der Waals surface area contributed by atoms with Gasteiger partial charge in [-0.15, -0.1) is 0 Å². The molecular weight excluding hydrogens is 248 g/mol. The lowest BCUT2D eigenvalue weighted by Gasteiger charge is -2.18. The SMILES string of the molecule is COC(Cn1ccnc1)c1cccc2ccc(C)cc12. The van der Waals surface area contributed by atoms with Crippen LogP contribution < -0.4 is 0 Å². The van der Waals surface area contributed by atoms with Crippen molar-refractivity contribution in [2.75, 3.05) is 7.11 Å². The number of nitrogens with zero attached hydrogens (tertiary/aromatic N) is 2. The van der Waals surface area contributed by atoms with Crippen LogP contribution in [0.25, 0.3) is 10.8 Å². The van der Waals surface area contributed by atoms with Gasteiger partial charge in [-0.1, -0.05) is 42.0 Å². The quantitative estimate of drug-likeness (QED) is 0.719. The van der Waals surface area contributed by atoms with E-state index in [1.165, 1.54) is 21.9 Å². The number of rotatable bonds is 4. The summed E-state index contributed by atoms with van der Waals surface area (Å²) in [6.45, 7) is 2.89. The third kappa shape index (κ3) is 2.45. The Kier molecular flexibility index (Phi) is 3.52. The minimum absolute atomic E-state index is 0.0229. The number of aromatic nitrogens is 2. The molecule has 0 aliphatic carbocycles. The number of fused-ring (bicyclic) bond motifs is 1. The molecule has 0 radical (unpaired) electrons. The van der Waals surface area contributed by atoms with Crippen LogP contribution in [0, 0.1) is 6.92 Å². The molecule has 0 saturated heterocycles. The van der Waals surface area contributed by atoms with E-state index in [0.717, 1.165) is 6.54 Å². The number of methoxy groups -OCH3 is 1. The van der Waals surface area contributed by atoms with E-state index < -0.39 is 0 Å². The summed E-state index contributed by atoms with van der Waals surface area (Å²) in [5.74, 6) is 0. The van der Waals surface area contributed by atoms with Gasteiger partial charge in [0, 0.05) is 19.5 Å². The van der Waals surface area contributed by atoms with E-state index in [4.69, 9.17) is 4.74 Å². The Morgan fingerprint density at radius 1 is 1.25 bits per heavy atom. The van der Waals surface area contributed by atoms with Crippen molar-refractivity contribution >= 4 is 10.8 Å². The molecule has 1 unspecified atom stereocenters. The molecule has 1 atom stereocenters. The van der Waals surface area contributed by atoms with Gasteiger partial charge in [-0.05, 0) is 23.3 Å². The Hall–Kier alpha value is -2.13. The van der Waals surface area contributed by atoms with Crippen LogP contribution in [-0.4, -0.2) is 16.7 Å². The zero-order chi connectivity index (χ0) is 13.9. The molecule has 1 aromatic heterocycles. The molecule has 3 heteroatoms. The van der Waals surface area contributed by atoms with Gasteiger partial charge in [-0.25, -0.2) is 4.98 Å². The van der Waals surface area contributed by atoms with Crippen LogP contribution in [0.3, 0.4) is 0 Å². The minimum atomic E-state index is 0.0229. The van der Waals surface area contributed by atoms with Gasteiger partial charge in [-0.3, -0.25) is 0 Å². The summed E-state index contributed by atoms with van der Waals surface area (Å²) < 4.78 is 7.75. The lowest BCUT2D eigenvalue weighted by atomic mass is 9.98. The molecule has 3 rings (SSSR count). The van der Waals surface area contributed by atoms with Gasteiger partial charge in [0.2, 0.25) is 0 Å². The Morgan fingerprint density at radius 2 is 2.15 bits per heavy atom. The summed E-state index contributed by atoms with van der Waals surface area (Å²) in [4.78, 5) is 4.09. The molecule has 1 heterocycles. The fourth-order valence-corrected chi connectivity index (χ4v) is 2.58. The van der Waals surface area contributed by atoms with E-state index in [9.17, 15) is 0 Å². The highest BCUT2D eigenvalue weighted by Gasteiger charge is 2.14. The number of hydrogen-bond donors (Lipinski definition) is 0. The molecule has 0 spiro atoms. The van der Waals surface area contributed by atoms with Crippen molar-refractivity contribution in [2.24, 2.45) is 0 Å². The minimum Gasteiger partial charge on any atom is -0.375 e. The lowest BCUT2D eigenvalue weighted by Crippen LogP contribution is -2.10. The van der Waals surface area contributed by atoms with Gasteiger partial charge in [0.1, 0.15) is 6.10 Å². The van der Waals surface area contributed by atoms with E-state index in [1.54, 1.807) is 13.3 Å². The van der Waals surface area contributed by atoms with Crippen molar-refractivity contribution in [1.29, 1.82) is 0 Å². The number of aryl methyl sites for hydroxylation is 1. The van der Waals surface area contributed by atoms with Crippen molar-refractivity contribution in [3.05, 3.63) is 66.2 Å². The van der Waals surface area contributed by atoms with Crippen LogP contribution in [0.2, 0.25) is 0 Å². The fourth-order valence-electron chi connectivity index (χ4n) is 2.58. The second-order valence-electron chi connectivity index (χ2n) is 5.06. The lowest BCUT2D eigenvalue weighted by molar-refractivity contribution is 0.0890. The van der Waals surface area contributed by atoms with Crippen molar-refractivity contribution in [2.45, 2.75) is 19.6 Å². The maximum atomic E-state index is 5.71. The van der Waals surface area contributed by atoms with Crippen LogP contribution in [0.4, 0.5) is 0 Å². The predicted molar refractivity (Wildman–Crippen MR) is 80.7 cm³/mol. The van der Waals surface area contributed by atoms with Crippen LogP contribution >= 0.6 is 0 Å². The van der Waals surface area contributed by atoms with E-state index >= 15 is 0 Å². The summed E-state index contributed by atoms with van der Waals surface area (Å²) in [6, 6.07) is 12.9. The Bertz CT molecular complexity index is 704. The van der Waals surface area contributed by atoms with Crippen molar-refractivity contribution in [3.63, 3.8) is 0 Å². The van der Waals surface area contributed by atoms with Gasteiger partial charge < -0.3 is 9.30 Å². The summed E-state index contributed by atoms with van der Waals surface area (Å²) in [7, 11) is 1.76. The largest absolute Gasteiger partial charge is 0.375 e. The van der Waals surface area contributed by atoms with Gasteiger partial charge in [0.05, 0.1) is 12.9 Å². The molecule has 0 amide bonds. The molecule has 2 aromatic carbocycles. The number of benzene rings is 2. The zero-order valence-corrected chi connectivity index (χ0v) is 11.8. The number of imidazole rings is 1. The number of ether oxygens (including phenoxy) is 1. The highest BCUT2D eigenvalue weighted by molar-refractivity contribution is 5.86. The first kappa shape index (κ1) is 12.9.